The molecule has 1 aromatic rings. The first-order valence-electron chi connectivity index (χ1n) is 7.61. The van der Waals surface area contributed by atoms with Crippen molar-refractivity contribution in [1.29, 1.82) is 0 Å². The van der Waals surface area contributed by atoms with Gasteiger partial charge in [0.15, 0.2) is 0 Å². The second-order valence-electron chi connectivity index (χ2n) is 7.36. The zero-order valence-electron chi connectivity index (χ0n) is 14.2. The maximum atomic E-state index is 10.2. The molecule has 0 aliphatic rings. The number of hydrogen-bond acceptors (Lipinski definition) is 2. The maximum absolute atomic E-state index is 10.2. The van der Waals surface area contributed by atoms with Gasteiger partial charge in [0, 0.05) is 12.1 Å². The molecule has 0 saturated heterocycles. The van der Waals surface area contributed by atoms with Crippen molar-refractivity contribution in [2.45, 2.75) is 59.4 Å². The summed E-state index contributed by atoms with van der Waals surface area (Å²) in [6.45, 7) is 11.9. The first-order valence-corrected chi connectivity index (χ1v) is 7.61. The van der Waals surface area contributed by atoms with Gasteiger partial charge in [-0.15, -0.1) is 0 Å². The van der Waals surface area contributed by atoms with Crippen molar-refractivity contribution in [3.63, 3.8) is 0 Å². The summed E-state index contributed by atoms with van der Waals surface area (Å²) in [5.41, 5.74) is 3.51. The quantitative estimate of drug-likeness (QED) is 0.829. The fourth-order valence-corrected chi connectivity index (χ4v) is 2.50. The zero-order valence-corrected chi connectivity index (χ0v) is 14.2. The number of aryl methyl sites for hydroxylation is 1. The van der Waals surface area contributed by atoms with Crippen LogP contribution in [0.4, 0.5) is 0 Å². The van der Waals surface area contributed by atoms with E-state index in [2.05, 4.69) is 44.7 Å². The minimum absolute atomic E-state index is 0.157. The molecule has 114 valence electrons. The van der Waals surface area contributed by atoms with Gasteiger partial charge in [0.25, 0.3) is 0 Å². The van der Waals surface area contributed by atoms with E-state index in [0.29, 0.717) is 5.75 Å². The van der Waals surface area contributed by atoms with Gasteiger partial charge in [-0.1, -0.05) is 46.2 Å². The second-order valence-corrected chi connectivity index (χ2v) is 7.36. The molecule has 0 amide bonds. The van der Waals surface area contributed by atoms with Crippen molar-refractivity contribution in [2.24, 2.45) is 5.92 Å². The molecule has 0 spiro atoms. The molecule has 0 saturated carbocycles. The number of aromatic hydroxyl groups is 1. The number of hydrogen-bond donors (Lipinski definition) is 1. The Morgan fingerprint density at radius 1 is 1.20 bits per heavy atom. The maximum Gasteiger partial charge on any atom is 0.122 e. The lowest BCUT2D eigenvalue weighted by Crippen LogP contribution is -2.19. The topological polar surface area (TPSA) is 23.5 Å². The molecule has 0 unspecified atom stereocenters. The predicted molar refractivity (Wildman–Crippen MR) is 87.3 cm³/mol. The molecule has 20 heavy (non-hydrogen) atoms. The van der Waals surface area contributed by atoms with Crippen molar-refractivity contribution in [2.75, 3.05) is 14.1 Å². The van der Waals surface area contributed by atoms with Gasteiger partial charge in [0.05, 0.1) is 0 Å². The molecule has 2 heteroatoms. The summed E-state index contributed by atoms with van der Waals surface area (Å²) >= 11 is 0. The van der Waals surface area contributed by atoms with Crippen LogP contribution in [0.5, 0.6) is 5.75 Å². The van der Waals surface area contributed by atoms with Crippen molar-refractivity contribution in [3.8, 4) is 5.75 Å². The molecule has 1 rings (SSSR count). The summed E-state index contributed by atoms with van der Waals surface area (Å²) in [5, 5.41) is 10.2. The Bertz CT molecular complexity index is 447. The van der Waals surface area contributed by atoms with Crippen molar-refractivity contribution >= 4 is 0 Å². The monoisotopic (exact) mass is 277 g/mol. The molecule has 1 aromatic carbocycles. The summed E-state index contributed by atoms with van der Waals surface area (Å²) in [5.74, 6) is 1.18. The van der Waals surface area contributed by atoms with E-state index in [9.17, 15) is 5.11 Å². The average molecular weight is 277 g/mol. The van der Waals surface area contributed by atoms with Crippen LogP contribution in [-0.2, 0) is 12.0 Å². The van der Waals surface area contributed by atoms with E-state index in [1.807, 2.05) is 21.0 Å². The Morgan fingerprint density at radius 2 is 1.80 bits per heavy atom. The van der Waals surface area contributed by atoms with E-state index < -0.39 is 0 Å². The third-order valence-corrected chi connectivity index (χ3v) is 3.99. The highest BCUT2D eigenvalue weighted by Gasteiger charge is 2.23. The number of phenols is 1. The van der Waals surface area contributed by atoms with E-state index in [1.165, 1.54) is 18.4 Å². The van der Waals surface area contributed by atoms with Crippen LogP contribution in [0.3, 0.4) is 0 Å². The van der Waals surface area contributed by atoms with Crippen LogP contribution in [0.15, 0.2) is 12.1 Å². The molecular weight excluding hydrogens is 246 g/mol. The van der Waals surface area contributed by atoms with E-state index in [-0.39, 0.29) is 5.41 Å². The highest BCUT2D eigenvalue weighted by Crippen LogP contribution is 2.34. The minimum atomic E-state index is 0.157. The van der Waals surface area contributed by atoms with Crippen molar-refractivity contribution < 1.29 is 5.11 Å². The van der Waals surface area contributed by atoms with E-state index in [4.69, 9.17) is 0 Å². The van der Waals surface area contributed by atoms with Gasteiger partial charge in [-0.3, -0.25) is 0 Å². The number of phenolic OH excluding ortho intramolecular Hbond substituents is 1. The molecule has 0 aliphatic carbocycles. The molecule has 0 aliphatic heterocycles. The first kappa shape index (κ1) is 17.0. The smallest absolute Gasteiger partial charge is 0.122 e. The van der Waals surface area contributed by atoms with Gasteiger partial charge in [0.2, 0.25) is 0 Å². The Kier molecular flexibility index (Phi) is 5.64. The highest BCUT2D eigenvalue weighted by atomic mass is 16.3. The lowest BCUT2D eigenvalue weighted by atomic mass is 9.78. The fraction of sp³-hybridized carbons (Fsp3) is 0.667. The summed E-state index contributed by atoms with van der Waals surface area (Å²) in [6, 6.07) is 4.33. The van der Waals surface area contributed by atoms with Crippen LogP contribution >= 0.6 is 0 Å². The zero-order chi connectivity index (χ0) is 15.5. The average Bonchev–Trinajstić information content (AvgIpc) is 2.31. The number of benzene rings is 1. The SMILES string of the molecule is Cc1cc(C(C)(C)CCC(C)C)cc(CN(C)C)c1O. The van der Waals surface area contributed by atoms with Gasteiger partial charge < -0.3 is 10.0 Å². The summed E-state index contributed by atoms with van der Waals surface area (Å²) in [7, 11) is 4.07. The van der Waals surface area contributed by atoms with E-state index in [1.54, 1.807) is 0 Å². The summed E-state index contributed by atoms with van der Waals surface area (Å²) < 4.78 is 0. The molecule has 2 nitrogen and oxygen atoms in total. The van der Waals surface area contributed by atoms with Crippen LogP contribution in [0.1, 0.15) is 57.2 Å². The Hall–Kier alpha value is -1.02. The number of nitrogens with zero attached hydrogens (tertiary/aromatic N) is 1. The molecular formula is C18H31NO. The highest BCUT2D eigenvalue weighted by molar-refractivity contribution is 5.45. The molecule has 0 aromatic heterocycles. The Labute approximate surface area is 124 Å². The van der Waals surface area contributed by atoms with Crippen LogP contribution < -0.4 is 0 Å². The molecule has 0 fully saturated rings. The molecule has 0 radical (unpaired) electrons. The minimum Gasteiger partial charge on any atom is -0.507 e. The van der Waals surface area contributed by atoms with Crippen LogP contribution in [0, 0.1) is 12.8 Å². The van der Waals surface area contributed by atoms with E-state index in [0.717, 1.165) is 23.6 Å². The normalized spacial score (nSPS) is 12.4. The van der Waals surface area contributed by atoms with Crippen LogP contribution in [-0.4, -0.2) is 24.1 Å². The third-order valence-electron chi connectivity index (χ3n) is 3.99. The molecule has 0 heterocycles. The fourth-order valence-electron chi connectivity index (χ4n) is 2.50. The summed E-state index contributed by atoms with van der Waals surface area (Å²) in [6.07, 6.45) is 2.41. The van der Waals surface area contributed by atoms with Gasteiger partial charge in [-0.25, -0.2) is 0 Å². The lowest BCUT2D eigenvalue weighted by molar-refractivity contribution is 0.381. The van der Waals surface area contributed by atoms with Gasteiger partial charge >= 0.3 is 0 Å². The molecule has 0 bridgehead atoms. The van der Waals surface area contributed by atoms with Crippen LogP contribution in [0.25, 0.3) is 0 Å². The predicted octanol–water partition coefficient (Wildman–Crippen LogP) is 4.48. The Balaban J connectivity index is 3.08. The third kappa shape index (κ3) is 4.52. The lowest BCUT2D eigenvalue weighted by Gasteiger charge is -2.28. The van der Waals surface area contributed by atoms with E-state index >= 15 is 0 Å². The molecule has 1 N–H and O–H groups in total. The first-order chi connectivity index (χ1) is 9.13. The van der Waals surface area contributed by atoms with Gasteiger partial charge in [-0.2, -0.15) is 0 Å². The second kappa shape index (κ2) is 6.62. The Morgan fingerprint density at radius 3 is 2.30 bits per heavy atom. The summed E-state index contributed by atoms with van der Waals surface area (Å²) in [4.78, 5) is 2.10. The van der Waals surface area contributed by atoms with Crippen LogP contribution in [0.2, 0.25) is 0 Å². The molecule has 0 atom stereocenters. The standard InChI is InChI=1S/C18H31NO/c1-13(2)8-9-18(4,5)16-10-14(3)17(20)15(11-16)12-19(6)7/h10-11,13,20H,8-9,12H2,1-7H3. The largest absolute Gasteiger partial charge is 0.507 e. The van der Waals surface area contributed by atoms with Crippen molar-refractivity contribution in [3.05, 3.63) is 28.8 Å². The van der Waals surface area contributed by atoms with Gasteiger partial charge in [0.1, 0.15) is 5.75 Å². The number of rotatable bonds is 6. The van der Waals surface area contributed by atoms with Gasteiger partial charge in [-0.05, 0) is 49.9 Å². The van der Waals surface area contributed by atoms with Crippen molar-refractivity contribution in [1.82, 2.24) is 4.90 Å².